The first kappa shape index (κ1) is 16.4. The summed E-state index contributed by atoms with van der Waals surface area (Å²) < 4.78 is 10.6. The Labute approximate surface area is 130 Å². The Morgan fingerprint density at radius 2 is 2.23 bits per heavy atom. The van der Waals surface area contributed by atoms with E-state index in [1.54, 1.807) is 29.4 Å². The number of hydrogen-bond donors (Lipinski definition) is 0. The topological polar surface area (TPSA) is 67.8 Å². The quantitative estimate of drug-likeness (QED) is 0.728. The highest BCUT2D eigenvalue weighted by Gasteiger charge is 2.23. The molecule has 0 N–H and O–H groups in total. The van der Waals surface area contributed by atoms with E-state index in [9.17, 15) is 4.79 Å². The summed E-state index contributed by atoms with van der Waals surface area (Å²) in [5.74, 6) is -0.0251. The van der Waals surface area contributed by atoms with Crippen molar-refractivity contribution in [1.82, 2.24) is 19.8 Å². The minimum absolute atomic E-state index is 0.0251. The fourth-order valence-corrected chi connectivity index (χ4v) is 2.23. The Bertz CT molecular complexity index is 516. The molecule has 0 radical (unpaired) electrons. The average molecular weight is 306 g/mol. The lowest BCUT2D eigenvalue weighted by atomic mass is 10.2. The summed E-state index contributed by atoms with van der Waals surface area (Å²) in [6, 6.07) is 0.309. The summed E-state index contributed by atoms with van der Waals surface area (Å²) in [6.07, 6.45) is 6.54. The Hall–Kier alpha value is -1.99. The van der Waals surface area contributed by atoms with Crippen molar-refractivity contribution in [3.8, 4) is 6.01 Å². The number of nitrogens with zero attached hydrogens (tertiary/aromatic N) is 4. The van der Waals surface area contributed by atoms with Gasteiger partial charge in [0.2, 0.25) is 5.91 Å². The molecule has 1 saturated heterocycles. The Morgan fingerprint density at radius 1 is 1.50 bits per heavy atom. The van der Waals surface area contributed by atoms with E-state index in [1.165, 1.54) is 7.11 Å². The molecule has 1 aliphatic rings. The summed E-state index contributed by atoms with van der Waals surface area (Å²) in [6.45, 7) is 2.61. The molecule has 2 rings (SSSR count). The molecule has 0 bridgehead atoms. The van der Waals surface area contributed by atoms with Gasteiger partial charge in [-0.2, -0.15) is 0 Å². The normalized spacial score (nSPS) is 18.9. The minimum atomic E-state index is -0.0251. The second-order valence-electron chi connectivity index (χ2n) is 5.38. The van der Waals surface area contributed by atoms with E-state index >= 15 is 0 Å². The van der Waals surface area contributed by atoms with Crippen molar-refractivity contribution in [2.45, 2.75) is 6.10 Å². The van der Waals surface area contributed by atoms with E-state index < -0.39 is 0 Å². The fourth-order valence-electron chi connectivity index (χ4n) is 2.23. The first-order chi connectivity index (χ1) is 10.6. The maximum atomic E-state index is 12.2. The molecule has 1 aromatic heterocycles. The molecule has 22 heavy (non-hydrogen) atoms. The monoisotopic (exact) mass is 306 g/mol. The SMILES string of the molecule is COc1ncc(/C=C/C(=O)N2CCOC(CN(C)C)C2)cn1. The van der Waals surface area contributed by atoms with Gasteiger partial charge in [-0.15, -0.1) is 0 Å². The third-order valence-electron chi connectivity index (χ3n) is 3.27. The predicted molar refractivity (Wildman–Crippen MR) is 82.5 cm³/mol. The van der Waals surface area contributed by atoms with E-state index in [1.807, 2.05) is 14.1 Å². The summed E-state index contributed by atoms with van der Waals surface area (Å²) in [5, 5.41) is 0. The lowest BCUT2D eigenvalue weighted by Crippen LogP contribution is -2.48. The molecule has 0 saturated carbocycles. The van der Waals surface area contributed by atoms with Crippen molar-refractivity contribution in [1.29, 1.82) is 0 Å². The van der Waals surface area contributed by atoms with Crippen LogP contribution in [0.15, 0.2) is 18.5 Å². The number of hydrogen-bond acceptors (Lipinski definition) is 6. The van der Waals surface area contributed by atoms with Crippen LogP contribution in [-0.2, 0) is 9.53 Å². The van der Waals surface area contributed by atoms with Crippen LogP contribution in [0.1, 0.15) is 5.56 Å². The number of amides is 1. The van der Waals surface area contributed by atoms with Crippen LogP contribution in [-0.4, -0.2) is 79.2 Å². The maximum Gasteiger partial charge on any atom is 0.316 e. The van der Waals surface area contributed by atoms with Crippen molar-refractivity contribution in [3.63, 3.8) is 0 Å². The van der Waals surface area contributed by atoms with Gasteiger partial charge in [-0.05, 0) is 20.2 Å². The van der Waals surface area contributed by atoms with Gasteiger partial charge in [0.25, 0.3) is 0 Å². The van der Waals surface area contributed by atoms with Gasteiger partial charge in [0.1, 0.15) is 0 Å². The zero-order valence-electron chi connectivity index (χ0n) is 13.2. The van der Waals surface area contributed by atoms with Gasteiger partial charge in [0, 0.05) is 43.7 Å². The summed E-state index contributed by atoms with van der Waals surface area (Å²) in [7, 11) is 5.50. The molecule has 2 heterocycles. The van der Waals surface area contributed by atoms with Gasteiger partial charge in [0.15, 0.2) is 0 Å². The third-order valence-corrected chi connectivity index (χ3v) is 3.27. The Balaban J connectivity index is 1.91. The van der Waals surface area contributed by atoms with Crippen molar-refractivity contribution in [2.24, 2.45) is 0 Å². The van der Waals surface area contributed by atoms with Crippen molar-refractivity contribution >= 4 is 12.0 Å². The molecule has 1 atom stereocenters. The number of carbonyl (C=O) groups excluding carboxylic acids is 1. The Morgan fingerprint density at radius 3 is 2.86 bits per heavy atom. The molecule has 7 heteroatoms. The van der Waals surface area contributed by atoms with Crippen molar-refractivity contribution in [2.75, 3.05) is 47.4 Å². The van der Waals surface area contributed by atoms with Gasteiger partial charge >= 0.3 is 6.01 Å². The molecular weight excluding hydrogens is 284 g/mol. The highest BCUT2D eigenvalue weighted by atomic mass is 16.5. The zero-order valence-corrected chi connectivity index (χ0v) is 13.2. The molecule has 0 aliphatic carbocycles. The zero-order chi connectivity index (χ0) is 15.9. The number of methoxy groups -OCH3 is 1. The van der Waals surface area contributed by atoms with Crippen LogP contribution >= 0.6 is 0 Å². The lowest BCUT2D eigenvalue weighted by molar-refractivity contribution is -0.133. The van der Waals surface area contributed by atoms with Crippen LogP contribution in [0.4, 0.5) is 0 Å². The fraction of sp³-hybridized carbons (Fsp3) is 0.533. The van der Waals surface area contributed by atoms with Crippen LogP contribution in [0.3, 0.4) is 0 Å². The number of likely N-dealkylation sites (N-methyl/N-ethyl adjacent to an activating group) is 1. The molecule has 1 fully saturated rings. The summed E-state index contributed by atoms with van der Waals surface area (Å²) in [4.78, 5) is 24.1. The number of carbonyl (C=O) groups is 1. The molecular formula is C15H22N4O3. The van der Waals surface area contributed by atoms with Gasteiger partial charge in [-0.3, -0.25) is 4.79 Å². The molecule has 1 aromatic rings. The molecule has 0 aromatic carbocycles. The smallest absolute Gasteiger partial charge is 0.316 e. The first-order valence-electron chi connectivity index (χ1n) is 7.18. The maximum absolute atomic E-state index is 12.2. The van der Waals surface area contributed by atoms with Crippen LogP contribution in [0.25, 0.3) is 6.08 Å². The van der Waals surface area contributed by atoms with E-state index in [0.717, 1.165) is 12.1 Å². The molecule has 0 spiro atoms. The highest BCUT2D eigenvalue weighted by molar-refractivity contribution is 5.91. The third kappa shape index (κ3) is 4.78. The standard InChI is InChI=1S/C15H22N4O3/c1-18(2)10-13-11-19(6-7-22-13)14(20)5-4-12-8-16-15(21-3)17-9-12/h4-5,8-9,13H,6-7,10-11H2,1-3H3/b5-4+. The molecule has 1 amide bonds. The number of aromatic nitrogens is 2. The predicted octanol–water partition coefficient (Wildman–Crippen LogP) is 0.287. The van der Waals surface area contributed by atoms with E-state index in [0.29, 0.717) is 25.7 Å². The Kier molecular flexibility index (Phi) is 5.85. The van der Waals surface area contributed by atoms with Crippen LogP contribution in [0, 0.1) is 0 Å². The average Bonchev–Trinajstić information content (AvgIpc) is 2.52. The summed E-state index contributed by atoms with van der Waals surface area (Å²) in [5.41, 5.74) is 0.757. The van der Waals surface area contributed by atoms with Gasteiger partial charge < -0.3 is 19.3 Å². The number of rotatable bonds is 5. The van der Waals surface area contributed by atoms with E-state index in [-0.39, 0.29) is 12.0 Å². The van der Waals surface area contributed by atoms with Crippen molar-refractivity contribution in [3.05, 3.63) is 24.0 Å². The molecule has 1 unspecified atom stereocenters. The molecule has 1 aliphatic heterocycles. The molecule has 120 valence electrons. The minimum Gasteiger partial charge on any atom is -0.467 e. The van der Waals surface area contributed by atoms with Gasteiger partial charge in [-0.1, -0.05) is 0 Å². The first-order valence-corrected chi connectivity index (χ1v) is 7.18. The van der Waals surface area contributed by atoms with Crippen LogP contribution < -0.4 is 4.74 Å². The highest BCUT2D eigenvalue weighted by Crippen LogP contribution is 2.08. The lowest BCUT2D eigenvalue weighted by Gasteiger charge is -2.33. The largest absolute Gasteiger partial charge is 0.467 e. The van der Waals surface area contributed by atoms with Gasteiger partial charge in [-0.25, -0.2) is 9.97 Å². The van der Waals surface area contributed by atoms with Crippen LogP contribution in [0.2, 0.25) is 0 Å². The second kappa shape index (κ2) is 7.86. The molecule has 7 nitrogen and oxygen atoms in total. The summed E-state index contributed by atoms with van der Waals surface area (Å²) >= 11 is 0. The van der Waals surface area contributed by atoms with Crippen LogP contribution in [0.5, 0.6) is 6.01 Å². The van der Waals surface area contributed by atoms with Gasteiger partial charge in [0.05, 0.1) is 19.8 Å². The van der Waals surface area contributed by atoms with E-state index in [2.05, 4.69) is 14.9 Å². The second-order valence-corrected chi connectivity index (χ2v) is 5.38. The van der Waals surface area contributed by atoms with E-state index in [4.69, 9.17) is 9.47 Å². The number of morpholine rings is 1. The number of ether oxygens (including phenoxy) is 2. The van der Waals surface area contributed by atoms with Crippen molar-refractivity contribution < 1.29 is 14.3 Å².